The van der Waals surface area contributed by atoms with E-state index < -0.39 is 11.8 Å². The Hall–Kier alpha value is -2.47. The Morgan fingerprint density at radius 1 is 1.23 bits per heavy atom. The zero-order valence-electron chi connectivity index (χ0n) is 13.8. The van der Waals surface area contributed by atoms with Crippen molar-refractivity contribution in [1.82, 2.24) is 9.97 Å². The van der Waals surface area contributed by atoms with E-state index in [0.29, 0.717) is 21.6 Å². The lowest BCUT2D eigenvalue weighted by atomic mass is 9.97. The van der Waals surface area contributed by atoms with E-state index >= 15 is 0 Å². The maximum absolute atomic E-state index is 14.1. The van der Waals surface area contributed by atoms with Crippen molar-refractivity contribution < 1.29 is 17.9 Å². The summed E-state index contributed by atoms with van der Waals surface area (Å²) < 4.78 is 38.1. The highest BCUT2D eigenvalue weighted by Gasteiger charge is 2.16. The predicted octanol–water partition coefficient (Wildman–Crippen LogP) is 5.69. The van der Waals surface area contributed by atoms with Crippen molar-refractivity contribution in [1.29, 1.82) is 0 Å². The second-order valence-electron chi connectivity index (χ2n) is 6.11. The van der Waals surface area contributed by atoms with E-state index in [1.165, 1.54) is 6.07 Å². The van der Waals surface area contributed by atoms with Gasteiger partial charge in [0.15, 0.2) is 5.82 Å². The maximum atomic E-state index is 14.1. The average molecular weight is 377 g/mol. The van der Waals surface area contributed by atoms with Crippen LogP contribution in [0.25, 0.3) is 16.5 Å². The molecule has 0 spiro atoms. The Morgan fingerprint density at radius 3 is 2.92 bits per heavy atom. The lowest BCUT2D eigenvalue weighted by molar-refractivity contribution is 0.277. The number of halogens is 3. The van der Waals surface area contributed by atoms with Gasteiger partial charge in [-0.15, -0.1) is 0 Å². The molecule has 0 saturated carbocycles. The quantitative estimate of drug-likeness (QED) is 0.586. The fourth-order valence-electron chi connectivity index (χ4n) is 3.07. The van der Waals surface area contributed by atoms with Gasteiger partial charge in [-0.25, -0.2) is 9.37 Å². The normalized spacial score (nSPS) is 14.5. The van der Waals surface area contributed by atoms with Crippen molar-refractivity contribution in [2.45, 2.75) is 32.3 Å². The third kappa shape index (κ3) is 3.29. The van der Waals surface area contributed by atoms with E-state index in [2.05, 4.69) is 9.97 Å². The van der Waals surface area contributed by atoms with Crippen LogP contribution in [0.4, 0.5) is 8.78 Å². The minimum absolute atomic E-state index is 0.0464. The first kappa shape index (κ1) is 17.0. The molecule has 7 heteroatoms. The lowest BCUT2D eigenvalue weighted by Crippen LogP contribution is -2.05. The monoisotopic (exact) mass is 376 g/mol. The summed E-state index contributed by atoms with van der Waals surface area (Å²) in [6.45, 7) is 0.0464. The summed E-state index contributed by atoms with van der Waals surface area (Å²) in [7, 11) is 0. The van der Waals surface area contributed by atoms with Gasteiger partial charge < -0.3 is 9.15 Å². The van der Waals surface area contributed by atoms with Crippen LogP contribution in [0.5, 0.6) is 6.01 Å². The van der Waals surface area contributed by atoms with E-state index in [4.69, 9.17) is 20.8 Å². The number of fused-ring (bicyclic) bond motifs is 1. The van der Waals surface area contributed by atoms with Gasteiger partial charge in [-0.1, -0.05) is 23.7 Å². The number of benzene rings is 1. The van der Waals surface area contributed by atoms with Crippen LogP contribution in [-0.4, -0.2) is 9.97 Å². The summed E-state index contributed by atoms with van der Waals surface area (Å²) in [5.41, 5.74) is 2.06. The molecule has 2 aromatic heterocycles. The number of rotatable bonds is 4. The molecule has 1 aliphatic carbocycles. The van der Waals surface area contributed by atoms with Crippen molar-refractivity contribution in [3.63, 3.8) is 0 Å². The Labute approximate surface area is 153 Å². The van der Waals surface area contributed by atoms with Gasteiger partial charge in [0.25, 0.3) is 6.01 Å². The molecule has 1 aromatic carbocycles. The largest absolute Gasteiger partial charge is 0.458 e. The van der Waals surface area contributed by atoms with Crippen LogP contribution < -0.4 is 4.74 Å². The summed E-state index contributed by atoms with van der Waals surface area (Å²) in [5, 5.41) is 0.860. The Kier molecular flexibility index (Phi) is 4.59. The molecule has 4 nitrogen and oxygen atoms in total. The molecule has 0 aliphatic heterocycles. The second-order valence-corrected chi connectivity index (χ2v) is 6.52. The minimum Gasteiger partial charge on any atom is -0.458 e. The molecule has 0 unspecified atom stereocenters. The van der Waals surface area contributed by atoms with Crippen molar-refractivity contribution in [2.75, 3.05) is 0 Å². The zero-order valence-corrected chi connectivity index (χ0v) is 14.5. The van der Waals surface area contributed by atoms with Gasteiger partial charge in [0.05, 0.1) is 11.2 Å². The summed E-state index contributed by atoms with van der Waals surface area (Å²) in [4.78, 5) is 8.09. The van der Waals surface area contributed by atoms with E-state index in [9.17, 15) is 8.78 Å². The Balaban J connectivity index is 1.59. The van der Waals surface area contributed by atoms with Crippen LogP contribution in [0.3, 0.4) is 0 Å². The SMILES string of the molecule is Fc1cc2c(Cl)ccc(COc3ncc(F)c(C4=CCCCC4)n3)c2o1. The number of nitrogens with zero attached hydrogens (tertiary/aromatic N) is 2. The number of allylic oxidation sites excluding steroid dienone is 2. The molecule has 1 aliphatic rings. The van der Waals surface area contributed by atoms with Gasteiger partial charge in [-0.2, -0.15) is 9.37 Å². The third-order valence-electron chi connectivity index (χ3n) is 4.36. The molecule has 134 valence electrons. The van der Waals surface area contributed by atoms with Crippen LogP contribution in [0.2, 0.25) is 5.02 Å². The topological polar surface area (TPSA) is 48.2 Å². The first-order valence-corrected chi connectivity index (χ1v) is 8.71. The van der Waals surface area contributed by atoms with Gasteiger partial charge >= 0.3 is 6.01 Å². The molecule has 0 bridgehead atoms. The van der Waals surface area contributed by atoms with Gasteiger partial charge in [-0.3, -0.25) is 0 Å². The standard InChI is InChI=1S/C19H15ClF2N2O2/c20-14-7-6-12(18-13(14)8-16(22)26-18)10-25-19-23-9-15(21)17(24-19)11-4-2-1-3-5-11/h4,6-9H,1-3,5,10H2. The maximum Gasteiger partial charge on any atom is 0.317 e. The third-order valence-corrected chi connectivity index (χ3v) is 4.69. The van der Waals surface area contributed by atoms with Crippen LogP contribution >= 0.6 is 11.6 Å². The molecule has 3 aromatic rings. The first-order valence-electron chi connectivity index (χ1n) is 8.33. The summed E-state index contributed by atoms with van der Waals surface area (Å²) in [6, 6.07) is 3.88. The predicted molar refractivity (Wildman–Crippen MR) is 93.9 cm³/mol. The summed E-state index contributed by atoms with van der Waals surface area (Å²) >= 11 is 6.04. The number of hydrogen-bond donors (Lipinski definition) is 0. The second kappa shape index (κ2) is 7.03. The van der Waals surface area contributed by atoms with Crippen molar-refractivity contribution in [2.24, 2.45) is 0 Å². The van der Waals surface area contributed by atoms with Crippen LogP contribution in [0, 0.1) is 11.8 Å². The Morgan fingerprint density at radius 2 is 2.12 bits per heavy atom. The van der Waals surface area contributed by atoms with E-state index in [1.54, 1.807) is 12.1 Å². The molecular weight excluding hydrogens is 362 g/mol. The fourth-order valence-corrected chi connectivity index (χ4v) is 3.27. The lowest BCUT2D eigenvalue weighted by Gasteiger charge is -2.13. The molecular formula is C19H15ClF2N2O2. The number of furan rings is 1. The summed E-state index contributed by atoms with van der Waals surface area (Å²) in [5.74, 6) is -0.465. The summed E-state index contributed by atoms with van der Waals surface area (Å²) in [6.07, 6.45) is 6.94. The smallest absolute Gasteiger partial charge is 0.317 e. The number of ether oxygens (including phenoxy) is 1. The van der Waals surface area contributed by atoms with E-state index in [0.717, 1.165) is 37.5 Å². The molecule has 0 N–H and O–H groups in total. The molecule has 0 saturated heterocycles. The van der Waals surface area contributed by atoms with Gasteiger partial charge in [0, 0.05) is 17.0 Å². The molecule has 0 amide bonds. The van der Waals surface area contributed by atoms with Crippen molar-refractivity contribution in [3.05, 3.63) is 58.6 Å². The highest BCUT2D eigenvalue weighted by molar-refractivity contribution is 6.35. The first-order chi connectivity index (χ1) is 12.6. The molecule has 0 atom stereocenters. The molecule has 2 heterocycles. The van der Waals surface area contributed by atoms with E-state index in [1.807, 2.05) is 6.08 Å². The number of aromatic nitrogens is 2. The highest BCUT2D eigenvalue weighted by atomic mass is 35.5. The van der Waals surface area contributed by atoms with Crippen molar-refractivity contribution >= 4 is 28.1 Å². The highest BCUT2D eigenvalue weighted by Crippen LogP contribution is 2.30. The van der Waals surface area contributed by atoms with E-state index in [-0.39, 0.29) is 18.3 Å². The zero-order chi connectivity index (χ0) is 18.1. The molecule has 0 fully saturated rings. The van der Waals surface area contributed by atoms with Crippen LogP contribution in [0.15, 0.2) is 34.9 Å². The van der Waals surface area contributed by atoms with Gasteiger partial charge in [0.1, 0.15) is 17.9 Å². The molecule has 4 rings (SSSR count). The molecule has 26 heavy (non-hydrogen) atoms. The molecule has 0 radical (unpaired) electrons. The fraction of sp³-hybridized carbons (Fsp3) is 0.263. The Bertz CT molecular complexity index is 1000. The average Bonchev–Trinajstić information content (AvgIpc) is 3.06. The van der Waals surface area contributed by atoms with Crippen molar-refractivity contribution in [3.8, 4) is 6.01 Å². The van der Waals surface area contributed by atoms with Gasteiger partial charge in [0.2, 0.25) is 0 Å². The minimum atomic E-state index is -0.723. The number of hydrogen-bond acceptors (Lipinski definition) is 4. The van der Waals surface area contributed by atoms with Crippen LogP contribution in [0.1, 0.15) is 36.9 Å². The van der Waals surface area contributed by atoms with Crippen LogP contribution in [-0.2, 0) is 6.61 Å². The van der Waals surface area contributed by atoms with Gasteiger partial charge in [-0.05, 0) is 37.3 Å².